The van der Waals surface area contributed by atoms with Gasteiger partial charge in [-0.15, -0.1) is 0 Å². The van der Waals surface area contributed by atoms with E-state index in [-0.39, 0.29) is 23.7 Å². The van der Waals surface area contributed by atoms with E-state index in [1.807, 2.05) is 31.2 Å². The van der Waals surface area contributed by atoms with Crippen molar-refractivity contribution in [2.45, 2.75) is 45.8 Å². The van der Waals surface area contributed by atoms with E-state index in [1.54, 1.807) is 28.8 Å². The average molecular weight is 438 g/mol. The Morgan fingerprint density at radius 3 is 2.28 bits per heavy atom. The lowest BCUT2D eigenvalue weighted by Gasteiger charge is -2.17. The molecule has 168 valence electrons. The predicted molar refractivity (Wildman–Crippen MR) is 118 cm³/mol. The van der Waals surface area contributed by atoms with E-state index >= 15 is 0 Å². The SMILES string of the molecule is CCCc1nc(C(C)(C)O)c(OC(=O)O)n1Cc1ccc(-c2ccccc2C(=O)O)cc1. The Bertz CT molecular complexity index is 1130. The highest BCUT2D eigenvalue weighted by Gasteiger charge is 2.30. The summed E-state index contributed by atoms with van der Waals surface area (Å²) in [6.07, 6.45) is -0.129. The molecule has 8 heteroatoms. The second kappa shape index (κ2) is 9.23. The fraction of sp³-hybridized carbons (Fsp3) is 0.292. The van der Waals surface area contributed by atoms with Gasteiger partial charge in [-0.1, -0.05) is 49.4 Å². The van der Waals surface area contributed by atoms with Crippen molar-refractivity contribution in [1.29, 1.82) is 0 Å². The summed E-state index contributed by atoms with van der Waals surface area (Å²) in [4.78, 5) is 27.3. The van der Waals surface area contributed by atoms with Gasteiger partial charge in [-0.3, -0.25) is 4.57 Å². The minimum atomic E-state index is -1.49. The number of benzene rings is 2. The molecule has 8 nitrogen and oxygen atoms in total. The fourth-order valence-corrected chi connectivity index (χ4v) is 3.54. The predicted octanol–water partition coefficient (Wildman–Crippen LogP) is 4.53. The third-order valence-corrected chi connectivity index (χ3v) is 5.00. The van der Waals surface area contributed by atoms with Crippen molar-refractivity contribution in [2.75, 3.05) is 0 Å². The van der Waals surface area contributed by atoms with Gasteiger partial charge in [0.15, 0.2) is 0 Å². The molecule has 0 spiro atoms. The van der Waals surface area contributed by atoms with E-state index in [9.17, 15) is 24.9 Å². The van der Waals surface area contributed by atoms with Gasteiger partial charge in [-0.2, -0.15) is 0 Å². The van der Waals surface area contributed by atoms with Crippen molar-refractivity contribution in [1.82, 2.24) is 9.55 Å². The lowest BCUT2D eigenvalue weighted by atomic mass is 9.99. The zero-order chi connectivity index (χ0) is 23.5. The maximum Gasteiger partial charge on any atom is 0.512 e. The molecule has 3 N–H and O–H groups in total. The van der Waals surface area contributed by atoms with Gasteiger partial charge in [0.05, 0.1) is 12.1 Å². The van der Waals surface area contributed by atoms with Gasteiger partial charge in [0.1, 0.15) is 17.1 Å². The molecule has 3 rings (SSSR count). The molecular weight excluding hydrogens is 412 g/mol. The number of carboxylic acids is 1. The molecule has 0 amide bonds. The van der Waals surface area contributed by atoms with Crippen molar-refractivity contribution < 1.29 is 29.6 Å². The average Bonchev–Trinajstić information content (AvgIpc) is 3.06. The second-order valence-electron chi connectivity index (χ2n) is 7.99. The zero-order valence-corrected chi connectivity index (χ0v) is 18.2. The van der Waals surface area contributed by atoms with Gasteiger partial charge < -0.3 is 20.1 Å². The zero-order valence-electron chi connectivity index (χ0n) is 18.2. The smallest absolute Gasteiger partial charge is 0.478 e. The van der Waals surface area contributed by atoms with E-state index in [4.69, 9.17) is 4.74 Å². The van der Waals surface area contributed by atoms with E-state index in [0.717, 1.165) is 17.5 Å². The number of hydrogen-bond donors (Lipinski definition) is 3. The summed E-state index contributed by atoms with van der Waals surface area (Å²) in [6, 6.07) is 14.1. The summed E-state index contributed by atoms with van der Waals surface area (Å²) in [7, 11) is 0. The molecule has 0 aliphatic carbocycles. The van der Waals surface area contributed by atoms with Gasteiger partial charge in [0, 0.05) is 6.42 Å². The molecule has 0 unspecified atom stereocenters. The number of ether oxygens (including phenoxy) is 1. The van der Waals surface area contributed by atoms with Gasteiger partial charge in [0.2, 0.25) is 5.88 Å². The van der Waals surface area contributed by atoms with Crippen LogP contribution in [0.3, 0.4) is 0 Å². The van der Waals surface area contributed by atoms with Crippen LogP contribution < -0.4 is 4.74 Å². The number of aliphatic hydroxyl groups is 1. The van der Waals surface area contributed by atoms with Gasteiger partial charge in [-0.25, -0.2) is 14.6 Å². The topological polar surface area (TPSA) is 122 Å². The van der Waals surface area contributed by atoms with Crippen LogP contribution in [-0.2, 0) is 18.6 Å². The summed E-state index contributed by atoms with van der Waals surface area (Å²) >= 11 is 0. The lowest BCUT2D eigenvalue weighted by molar-refractivity contribution is 0.0686. The van der Waals surface area contributed by atoms with Crippen molar-refractivity contribution in [3.63, 3.8) is 0 Å². The van der Waals surface area contributed by atoms with Crippen LogP contribution in [0.5, 0.6) is 5.88 Å². The van der Waals surface area contributed by atoms with Crippen LogP contribution in [0.1, 0.15) is 54.6 Å². The Morgan fingerprint density at radius 1 is 1.06 bits per heavy atom. The van der Waals surface area contributed by atoms with Crippen molar-refractivity contribution in [3.05, 3.63) is 71.2 Å². The van der Waals surface area contributed by atoms with Crippen LogP contribution in [-0.4, -0.2) is 37.0 Å². The van der Waals surface area contributed by atoms with Crippen LogP contribution in [0, 0.1) is 0 Å². The minimum absolute atomic E-state index is 0.00579. The molecule has 2 aromatic carbocycles. The van der Waals surface area contributed by atoms with Crippen molar-refractivity contribution in [3.8, 4) is 17.0 Å². The molecule has 0 saturated carbocycles. The number of rotatable bonds is 8. The van der Waals surface area contributed by atoms with Crippen LogP contribution in [0.15, 0.2) is 48.5 Å². The van der Waals surface area contributed by atoms with Gasteiger partial charge >= 0.3 is 12.1 Å². The molecule has 1 heterocycles. The number of aromatic carboxylic acids is 1. The standard InChI is InChI=1S/C24H26N2O6/c1-4-7-19-25-20(24(2,3)31)21(32-23(29)30)26(19)14-15-10-12-16(13-11-15)17-8-5-6-9-18(17)22(27)28/h5-6,8-13,31H,4,7,14H2,1-3H3,(H,27,28)(H,29,30). The van der Waals surface area contributed by atoms with Crippen LogP contribution in [0.4, 0.5) is 4.79 Å². The second-order valence-corrected chi connectivity index (χ2v) is 7.99. The number of nitrogens with zero attached hydrogens (tertiary/aromatic N) is 2. The summed E-state index contributed by atoms with van der Waals surface area (Å²) in [5, 5.41) is 29.2. The first-order valence-corrected chi connectivity index (χ1v) is 10.3. The van der Waals surface area contributed by atoms with Crippen LogP contribution >= 0.6 is 0 Å². The molecule has 0 aliphatic heterocycles. The lowest BCUT2D eigenvalue weighted by Crippen LogP contribution is -2.19. The summed E-state index contributed by atoms with van der Waals surface area (Å²) in [6.45, 7) is 5.31. The Morgan fingerprint density at radius 2 is 1.72 bits per heavy atom. The van der Waals surface area contributed by atoms with E-state index in [2.05, 4.69) is 4.98 Å². The van der Waals surface area contributed by atoms with Crippen molar-refractivity contribution >= 4 is 12.1 Å². The summed E-state index contributed by atoms with van der Waals surface area (Å²) < 4.78 is 6.69. The molecule has 32 heavy (non-hydrogen) atoms. The summed E-state index contributed by atoms with van der Waals surface area (Å²) in [5.41, 5.74) is 1.20. The Balaban J connectivity index is 2.01. The first-order chi connectivity index (χ1) is 15.1. The van der Waals surface area contributed by atoms with E-state index in [0.29, 0.717) is 17.8 Å². The van der Waals surface area contributed by atoms with Gasteiger partial charge in [-0.05, 0) is 43.0 Å². The third-order valence-electron chi connectivity index (χ3n) is 5.00. The number of aryl methyl sites for hydroxylation is 1. The fourth-order valence-electron chi connectivity index (χ4n) is 3.54. The number of hydrogen-bond acceptors (Lipinski definition) is 5. The molecule has 0 radical (unpaired) electrons. The molecule has 1 aromatic heterocycles. The molecule has 0 saturated heterocycles. The van der Waals surface area contributed by atoms with Gasteiger partial charge in [0.25, 0.3) is 0 Å². The molecule has 0 aliphatic rings. The highest BCUT2D eigenvalue weighted by atomic mass is 16.7. The number of aromatic nitrogens is 2. The quantitative estimate of drug-likeness (QED) is 0.442. The first-order valence-electron chi connectivity index (χ1n) is 10.3. The number of carbonyl (C=O) groups is 2. The maximum absolute atomic E-state index is 11.5. The van der Waals surface area contributed by atoms with Crippen molar-refractivity contribution in [2.24, 2.45) is 0 Å². The first kappa shape index (κ1) is 23.0. The molecule has 0 atom stereocenters. The largest absolute Gasteiger partial charge is 0.512 e. The van der Waals surface area contributed by atoms with E-state index in [1.165, 1.54) is 13.8 Å². The number of imidazole rings is 1. The highest BCUT2D eigenvalue weighted by molar-refractivity contribution is 5.95. The van der Waals surface area contributed by atoms with Crippen LogP contribution in [0.25, 0.3) is 11.1 Å². The number of carboxylic acid groups (broad SMARTS) is 2. The molecule has 0 fully saturated rings. The Kier molecular flexibility index (Phi) is 6.64. The highest BCUT2D eigenvalue weighted by Crippen LogP contribution is 2.32. The third kappa shape index (κ3) is 4.97. The monoisotopic (exact) mass is 438 g/mol. The molecule has 3 aromatic rings. The Hall–Kier alpha value is -3.65. The normalized spacial score (nSPS) is 11.4. The van der Waals surface area contributed by atoms with E-state index < -0.39 is 17.7 Å². The minimum Gasteiger partial charge on any atom is -0.478 e. The maximum atomic E-state index is 11.5. The summed E-state index contributed by atoms with van der Waals surface area (Å²) in [5.74, 6) is -0.392. The molecule has 0 bridgehead atoms. The Labute approximate surface area is 185 Å². The molecular formula is C24H26N2O6. The van der Waals surface area contributed by atoms with Crippen LogP contribution in [0.2, 0.25) is 0 Å².